The van der Waals surface area contributed by atoms with Gasteiger partial charge < -0.3 is 10.4 Å². The minimum atomic E-state index is -0.797. The highest BCUT2D eigenvalue weighted by atomic mass is 32.1. The van der Waals surface area contributed by atoms with Crippen LogP contribution in [-0.4, -0.2) is 22.9 Å². The fraction of sp³-hybridized carbons (Fsp3) is 0.400. The molecule has 9 heavy (non-hydrogen) atoms. The Bertz CT molecular complexity index is 157. The van der Waals surface area contributed by atoms with Crippen LogP contribution in [0.4, 0.5) is 0 Å². The van der Waals surface area contributed by atoms with Gasteiger partial charge in [0.25, 0.3) is 0 Å². The zero-order chi connectivity index (χ0) is 6.74. The number of thiol groups is 1. The molecular weight excluding hydrogens is 136 g/mol. The third-order valence-electron chi connectivity index (χ3n) is 1.01. The van der Waals surface area contributed by atoms with Gasteiger partial charge in [0.2, 0.25) is 0 Å². The Balaban J connectivity index is 2.63. The van der Waals surface area contributed by atoms with E-state index >= 15 is 0 Å². The highest BCUT2D eigenvalue weighted by molar-refractivity contribution is 7.81. The predicted molar refractivity (Wildman–Crippen MR) is 39.6 cm³/mol. The van der Waals surface area contributed by atoms with Crippen molar-refractivity contribution >= 4 is 18.8 Å². The van der Waals surface area contributed by atoms with Crippen LogP contribution in [-0.2, 0) is 0 Å². The molecule has 0 fully saturated rings. The van der Waals surface area contributed by atoms with Gasteiger partial charge >= 0.3 is 0 Å². The number of hydrogen-bond acceptors (Lipinski definition) is 4. The van der Waals surface area contributed by atoms with E-state index in [9.17, 15) is 0 Å². The summed E-state index contributed by atoms with van der Waals surface area (Å²) in [6, 6.07) is 0. The van der Waals surface area contributed by atoms with Crippen LogP contribution >= 0.6 is 12.6 Å². The smallest absolute Gasteiger partial charge is 0.197 e. The maximum absolute atomic E-state index is 8.66. The molecule has 0 spiro atoms. The summed E-state index contributed by atoms with van der Waals surface area (Å²) in [6.07, 6.45) is 5.03. The fourth-order valence-corrected chi connectivity index (χ4v) is 0.656. The summed E-state index contributed by atoms with van der Waals surface area (Å²) in [4.78, 5) is 3.07. The highest BCUT2D eigenvalue weighted by Crippen LogP contribution is 2.12. The van der Waals surface area contributed by atoms with Crippen molar-refractivity contribution in [2.45, 2.75) is 4.99 Å². The Hall–Kier alpha value is -0.480. The molecule has 0 saturated carbocycles. The van der Waals surface area contributed by atoms with Crippen LogP contribution in [0.25, 0.3) is 0 Å². The Kier molecular flexibility index (Phi) is 1.78. The normalized spacial score (nSPS) is 32.2. The number of hydrogen-bond donors (Lipinski definition) is 3. The lowest BCUT2D eigenvalue weighted by Gasteiger charge is -2.23. The largest absolute Gasteiger partial charge is 0.391 e. The molecule has 1 aliphatic rings. The van der Waals surface area contributed by atoms with Crippen molar-refractivity contribution in [2.75, 3.05) is 6.61 Å². The first-order valence-corrected chi connectivity index (χ1v) is 3.03. The van der Waals surface area contributed by atoms with E-state index in [0.29, 0.717) is 0 Å². The Morgan fingerprint density at radius 1 is 1.78 bits per heavy atom. The molecule has 4 heteroatoms. The van der Waals surface area contributed by atoms with E-state index in [-0.39, 0.29) is 6.61 Å². The lowest BCUT2D eigenvalue weighted by molar-refractivity contribution is 0.240. The van der Waals surface area contributed by atoms with Gasteiger partial charge in [-0.15, -0.1) is 12.6 Å². The van der Waals surface area contributed by atoms with E-state index in [4.69, 9.17) is 5.11 Å². The Labute approximate surface area is 58.9 Å². The molecule has 0 aromatic heterocycles. The quantitative estimate of drug-likeness (QED) is 0.444. The topological polar surface area (TPSA) is 44.6 Å². The van der Waals surface area contributed by atoms with Crippen LogP contribution in [0.3, 0.4) is 0 Å². The number of nitrogens with one attached hydrogen (secondary N) is 1. The number of aliphatic hydroxyl groups excluding tert-OH is 1. The molecule has 0 saturated heterocycles. The molecule has 2 N–H and O–H groups in total. The van der Waals surface area contributed by atoms with Gasteiger partial charge in [0.05, 0.1) is 6.61 Å². The Morgan fingerprint density at radius 3 is 2.89 bits per heavy atom. The zero-order valence-corrected chi connectivity index (χ0v) is 5.68. The second-order valence-electron chi connectivity index (χ2n) is 1.76. The fourth-order valence-electron chi connectivity index (χ4n) is 0.515. The number of aliphatic hydroxyl groups is 1. The van der Waals surface area contributed by atoms with E-state index < -0.39 is 4.99 Å². The summed E-state index contributed by atoms with van der Waals surface area (Å²) < 4.78 is 0. The first-order chi connectivity index (χ1) is 4.27. The zero-order valence-electron chi connectivity index (χ0n) is 4.78. The molecule has 0 aromatic rings. The van der Waals surface area contributed by atoms with Crippen molar-refractivity contribution in [1.29, 1.82) is 0 Å². The van der Waals surface area contributed by atoms with E-state index in [1.807, 2.05) is 0 Å². The summed E-state index contributed by atoms with van der Waals surface area (Å²) in [6.45, 7) is -0.114. The molecule has 3 nitrogen and oxygen atoms in total. The van der Waals surface area contributed by atoms with Crippen molar-refractivity contribution in [3.63, 3.8) is 0 Å². The molecule has 50 valence electrons. The summed E-state index contributed by atoms with van der Waals surface area (Å²) in [7, 11) is 0. The van der Waals surface area contributed by atoms with Crippen LogP contribution in [0.2, 0.25) is 0 Å². The monoisotopic (exact) mass is 144 g/mol. The second kappa shape index (κ2) is 2.41. The van der Waals surface area contributed by atoms with Crippen LogP contribution < -0.4 is 5.32 Å². The van der Waals surface area contributed by atoms with E-state index in [0.717, 1.165) is 0 Å². The molecule has 1 aliphatic heterocycles. The van der Waals surface area contributed by atoms with Crippen molar-refractivity contribution in [3.05, 3.63) is 12.3 Å². The minimum Gasteiger partial charge on any atom is -0.391 e. The molecule has 0 bridgehead atoms. The molecule has 0 aliphatic carbocycles. The second-order valence-corrected chi connectivity index (χ2v) is 2.50. The summed E-state index contributed by atoms with van der Waals surface area (Å²) in [5, 5.41) is 11.4. The van der Waals surface area contributed by atoms with Gasteiger partial charge in [0.15, 0.2) is 4.99 Å². The van der Waals surface area contributed by atoms with Gasteiger partial charge in [0, 0.05) is 12.4 Å². The van der Waals surface area contributed by atoms with Crippen LogP contribution in [0.15, 0.2) is 17.3 Å². The molecular formula is C5H8N2OS. The average molecular weight is 144 g/mol. The maximum atomic E-state index is 8.66. The average Bonchev–Trinajstić information content (AvgIpc) is 1.90. The van der Waals surface area contributed by atoms with Gasteiger partial charge in [-0.3, -0.25) is 4.99 Å². The van der Waals surface area contributed by atoms with Crippen molar-refractivity contribution < 1.29 is 5.11 Å². The molecule has 1 rings (SSSR count). The highest BCUT2D eigenvalue weighted by Gasteiger charge is 2.20. The third-order valence-corrected chi connectivity index (χ3v) is 1.39. The van der Waals surface area contributed by atoms with Crippen molar-refractivity contribution in [1.82, 2.24) is 5.32 Å². The molecule has 0 amide bonds. The lowest BCUT2D eigenvalue weighted by Crippen LogP contribution is -2.39. The summed E-state index contributed by atoms with van der Waals surface area (Å²) in [5.41, 5.74) is 0. The molecule has 1 atom stereocenters. The van der Waals surface area contributed by atoms with Gasteiger partial charge in [-0.05, 0) is 6.08 Å². The van der Waals surface area contributed by atoms with Gasteiger partial charge in [0.1, 0.15) is 0 Å². The van der Waals surface area contributed by atoms with E-state index in [1.165, 1.54) is 0 Å². The van der Waals surface area contributed by atoms with Crippen LogP contribution in [0.5, 0.6) is 0 Å². The standard InChI is InChI=1S/C5H8N2OS/c8-4-5(9)6-2-1-3-7-5/h1-3,6,8-9H,4H2. The van der Waals surface area contributed by atoms with Gasteiger partial charge in [-0.1, -0.05) is 0 Å². The molecule has 1 heterocycles. The van der Waals surface area contributed by atoms with Crippen molar-refractivity contribution in [3.8, 4) is 0 Å². The van der Waals surface area contributed by atoms with Crippen LogP contribution in [0, 0.1) is 0 Å². The van der Waals surface area contributed by atoms with Crippen LogP contribution in [0.1, 0.15) is 0 Å². The van der Waals surface area contributed by atoms with E-state index in [1.54, 1.807) is 18.5 Å². The summed E-state index contributed by atoms with van der Waals surface area (Å²) in [5.74, 6) is 0. The molecule has 0 aromatic carbocycles. The number of allylic oxidation sites excluding steroid dienone is 1. The van der Waals surface area contributed by atoms with Gasteiger partial charge in [-0.25, -0.2) is 0 Å². The van der Waals surface area contributed by atoms with Crippen molar-refractivity contribution in [2.24, 2.45) is 4.99 Å². The first-order valence-electron chi connectivity index (χ1n) is 2.58. The predicted octanol–water partition coefficient (Wildman–Crippen LogP) is -0.250. The number of rotatable bonds is 1. The number of aliphatic imine (C=N–C) groups is 1. The first kappa shape index (κ1) is 6.64. The summed E-state index contributed by atoms with van der Waals surface area (Å²) >= 11 is 4.04. The van der Waals surface area contributed by atoms with Gasteiger partial charge in [-0.2, -0.15) is 0 Å². The Morgan fingerprint density at radius 2 is 2.56 bits per heavy atom. The minimum absolute atomic E-state index is 0.114. The SMILES string of the molecule is OCC1(S)N=CC=CN1. The molecule has 1 unspecified atom stereocenters. The number of nitrogens with zero attached hydrogens (tertiary/aromatic N) is 1. The molecule has 0 radical (unpaired) electrons. The van der Waals surface area contributed by atoms with E-state index in [2.05, 4.69) is 22.9 Å². The lowest BCUT2D eigenvalue weighted by atomic mass is 10.4. The third kappa shape index (κ3) is 1.46. The maximum Gasteiger partial charge on any atom is 0.197 e.